The molecule has 0 spiro atoms. The smallest absolute Gasteiger partial charge is 0.0612 e. The third-order valence-corrected chi connectivity index (χ3v) is 4.14. The molecule has 1 aromatic carbocycles. The minimum Gasteiger partial charge on any atom is -0.385 e. The van der Waals surface area contributed by atoms with Gasteiger partial charge in [0.15, 0.2) is 0 Å². The molecule has 0 aliphatic heterocycles. The maximum Gasteiger partial charge on any atom is 0.0612 e. The van der Waals surface area contributed by atoms with Crippen molar-refractivity contribution in [3.8, 4) is 0 Å². The van der Waals surface area contributed by atoms with Crippen LogP contribution in [0.15, 0.2) is 18.2 Å². The number of benzene rings is 1. The summed E-state index contributed by atoms with van der Waals surface area (Å²) in [6, 6.07) is 6.07. The van der Waals surface area contributed by atoms with Gasteiger partial charge in [-0.05, 0) is 49.8 Å². The summed E-state index contributed by atoms with van der Waals surface area (Å²) < 4.78 is 0. The highest BCUT2D eigenvalue weighted by Crippen LogP contribution is 2.27. The molecular formula is C13H18Cl2N2. The monoisotopic (exact) mass is 272 g/mol. The van der Waals surface area contributed by atoms with Crippen molar-refractivity contribution in [3.05, 3.63) is 28.2 Å². The molecule has 0 aromatic heterocycles. The third kappa shape index (κ3) is 3.77. The molecule has 0 atom stereocenters. The molecule has 0 radical (unpaired) electrons. The van der Waals surface area contributed by atoms with Crippen molar-refractivity contribution in [2.75, 3.05) is 11.9 Å². The summed E-state index contributed by atoms with van der Waals surface area (Å²) in [4.78, 5) is 0. The minimum atomic E-state index is 0.413. The van der Waals surface area contributed by atoms with E-state index in [1.807, 2.05) is 18.2 Å². The second-order valence-corrected chi connectivity index (χ2v) is 5.60. The maximum atomic E-state index is 5.97. The van der Waals surface area contributed by atoms with Gasteiger partial charge in [-0.2, -0.15) is 0 Å². The molecule has 4 heteroatoms. The molecule has 0 amide bonds. The summed E-state index contributed by atoms with van der Waals surface area (Å²) in [6.45, 7) is 0.991. The lowest BCUT2D eigenvalue weighted by atomic mass is 9.86. The first kappa shape index (κ1) is 13.0. The van der Waals surface area contributed by atoms with E-state index in [-0.39, 0.29) is 0 Å². The van der Waals surface area contributed by atoms with E-state index in [2.05, 4.69) is 5.32 Å². The lowest BCUT2D eigenvalue weighted by molar-refractivity contribution is 0.339. The molecule has 0 bridgehead atoms. The predicted molar refractivity (Wildman–Crippen MR) is 74.9 cm³/mol. The van der Waals surface area contributed by atoms with Crippen LogP contribution in [0.25, 0.3) is 0 Å². The number of anilines is 1. The van der Waals surface area contributed by atoms with Crippen molar-refractivity contribution in [1.82, 2.24) is 0 Å². The molecule has 3 N–H and O–H groups in total. The maximum absolute atomic E-state index is 5.97. The summed E-state index contributed by atoms with van der Waals surface area (Å²) in [6.07, 6.45) is 4.73. The normalized spacial score (nSPS) is 24.6. The number of nitrogens with two attached hydrogens (primary N) is 1. The molecule has 2 nitrogen and oxygen atoms in total. The van der Waals surface area contributed by atoms with E-state index in [0.29, 0.717) is 16.1 Å². The van der Waals surface area contributed by atoms with Crippen LogP contribution in [0.3, 0.4) is 0 Å². The fraction of sp³-hybridized carbons (Fsp3) is 0.538. The number of hydrogen-bond acceptors (Lipinski definition) is 2. The van der Waals surface area contributed by atoms with Crippen LogP contribution < -0.4 is 11.1 Å². The molecule has 0 saturated heterocycles. The fourth-order valence-electron chi connectivity index (χ4n) is 2.26. The topological polar surface area (TPSA) is 38.0 Å². The van der Waals surface area contributed by atoms with Gasteiger partial charge in [-0.15, -0.1) is 0 Å². The van der Waals surface area contributed by atoms with Crippen molar-refractivity contribution < 1.29 is 0 Å². The van der Waals surface area contributed by atoms with E-state index < -0.39 is 0 Å². The second kappa shape index (κ2) is 5.94. The van der Waals surface area contributed by atoms with Gasteiger partial charge in [-0.3, -0.25) is 0 Å². The van der Waals surface area contributed by atoms with Crippen LogP contribution in [-0.4, -0.2) is 12.6 Å². The van der Waals surface area contributed by atoms with Gasteiger partial charge in [0.25, 0.3) is 0 Å². The summed E-state index contributed by atoms with van der Waals surface area (Å²) in [5, 5.41) is 4.61. The highest BCUT2D eigenvalue weighted by Gasteiger charge is 2.18. The Morgan fingerprint density at radius 3 is 2.47 bits per heavy atom. The van der Waals surface area contributed by atoms with Crippen LogP contribution in [0.2, 0.25) is 10.0 Å². The zero-order valence-electron chi connectivity index (χ0n) is 9.76. The molecule has 2 rings (SSSR count). The molecule has 1 fully saturated rings. The molecule has 1 aliphatic carbocycles. The molecule has 1 aliphatic rings. The standard InChI is InChI=1S/C13H18Cl2N2/c14-12-6-5-11(7-13(12)15)17-8-9-1-3-10(16)4-2-9/h5-7,9-10,17H,1-4,8,16H2. The van der Waals surface area contributed by atoms with Crippen molar-refractivity contribution in [2.45, 2.75) is 31.7 Å². The van der Waals surface area contributed by atoms with Gasteiger partial charge >= 0.3 is 0 Å². The van der Waals surface area contributed by atoms with Crippen molar-refractivity contribution in [3.63, 3.8) is 0 Å². The molecule has 0 unspecified atom stereocenters. The summed E-state index contributed by atoms with van der Waals surface area (Å²) >= 11 is 11.8. The van der Waals surface area contributed by atoms with E-state index in [1.54, 1.807) is 0 Å². The molecular weight excluding hydrogens is 255 g/mol. The zero-order chi connectivity index (χ0) is 12.3. The minimum absolute atomic E-state index is 0.413. The van der Waals surface area contributed by atoms with Crippen LogP contribution in [0.4, 0.5) is 5.69 Å². The summed E-state index contributed by atoms with van der Waals surface area (Å²) in [7, 11) is 0. The number of hydrogen-bond donors (Lipinski definition) is 2. The van der Waals surface area contributed by atoms with E-state index in [1.165, 1.54) is 12.8 Å². The average Bonchev–Trinajstić information content (AvgIpc) is 2.33. The zero-order valence-corrected chi connectivity index (χ0v) is 11.3. The van der Waals surface area contributed by atoms with Gasteiger partial charge in [0, 0.05) is 18.3 Å². The van der Waals surface area contributed by atoms with Crippen molar-refractivity contribution >= 4 is 28.9 Å². The van der Waals surface area contributed by atoms with Crippen LogP contribution >= 0.6 is 23.2 Å². The Labute approximate surface area is 112 Å². The first-order valence-corrected chi connectivity index (χ1v) is 6.85. The van der Waals surface area contributed by atoms with E-state index in [9.17, 15) is 0 Å². The first-order valence-electron chi connectivity index (χ1n) is 6.09. The van der Waals surface area contributed by atoms with Crippen LogP contribution in [-0.2, 0) is 0 Å². The van der Waals surface area contributed by atoms with Crippen molar-refractivity contribution in [2.24, 2.45) is 11.7 Å². The Hall–Kier alpha value is -0.440. The quantitative estimate of drug-likeness (QED) is 0.875. The van der Waals surface area contributed by atoms with Crippen LogP contribution in [0.1, 0.15) is 25.7 Å². The van der Waals surface area contributed by atoms with Gasteiger partial charge in [0.2, 0.25) is 0 Å². The molecule has 1 saturated carbocycles. The van der Waals surface area contributed by atoms with Crippen LogP contribution in [0, 0.1) is 5.92 Å². The number of halogens is 2. The first-order chi connectivity index (χ1) is 8.15. The Morgan fingerprint density at radius 1 is 1.12 bits per heavy atom. The summed E-state index contributed by atoms with van der Waals surface area (Å²) in [5.74, 6) is 0.726. The van der Waals surface area contributed by atoms with E-state index in [0.717, 1.165) is 31.0 Å². The summed E-state index contributed by atoms with van der Waals surface area (Å²) in [5.41, 5.74) is 6.92. The molecule has 1 aromatic rings. The van der Waals surface area contributed by atoms with E-state index >= 15 is 0 Å². The lowest BCUT2D eigenvalue weighted by Crippen LogP contribution is -2.29. The molecule has 17 heavy (non-hydrogen) atoms. The highest BCUT2D eigenvalue weighted by atomic mass is 35.5. The van der Waals surface area contributed by atoms with Gasteiger partial charge in [0.05, 0.1) is 10.0 Å². The average molecular weight is 273 g/mol. The van der Waals surface area contributed by atoms with Gasteiger partial charge in [-0.1, -0.05) is 23.2 Å². The predicted octanol–water partition coefficient (Wildman–Crippen LogP) is 3.92. The third-order valence-electron chi connectivity index (χ3n) is 3.41. The molecule has 0 heterocycles. The Kier molecular flexibility index (Phi) is 4.55. The SMILES string of the molecule is NC1CCC(CNc2ccc(Cl)c(Cl)c2)CC1. The van der Waals surface area contributed by atoms with E-state index in [4.69, 9.17) is 28.9 Å². The number of nitrogens with one attached hydrogen (secondary N) is 1. The Balaban J connectivity index is 1.83. The number of rotatable bonds is 3. The lowest BCUT2D eigenvalue weighted by Gasteiger charge is -2.26. The fourth-order valence-corrected chi connectivity index (χ4v) is 2.56. The largest absolute Gasteiger partial charge is 0.385 e. The molecule has 94 valence electrons. The highest BCUT2D eigenvalue weighted by molar-refractivity contribution is 6.42. The van der Waals surface area contributed by atoms with Gasteiger partial charge in [-0.25, -0.2) is 0 Å². The van der Waals surface area contributed by atoms with Gasteiger partial charge in [0.1, 0.15) is 0 Å². The Morgan fingerprint density at radius 2 is 1.82 bits per heavy atom. The van der Waals surface area contributed by atoms with Crippen molar-refractivity contribution in [1.29, 1.82) is 0 Å². The van der Waals surface area contributed by atoms with Gasteiger partial charge < -0.3 is 11.1 Å². The second-order valence-electron chi connectivity index (χ2n) is 4.79. The van der Waals surface area contributed by atoms with Crippen LogP contribution in [0.5, 0.6) is 0 Å². The Bertz CT molecular complexity index is 374.